The van der Waals surface area contributed by atoms with Crippen molar-refractivity contribution in [1.29, 1.82) is 5.41 Å². The van der Waals surface area contributed by atoms with Gasteiger partial charge in [-0.3, -0.25) is 10.2 Å². The molecule has 1 aliphatic heterocycles. The van der Waals surface area contributed by atoms with Crippen LogP contribution >= 0.6 is 11.6 Å². The lowest BCUT2D eigenvalue weighted by molar-refractivity contribution is -0.127. The maximum absolute atomic E-state index is 12.0. The second-order valence-corrected chi connectivity index (χ2v) is 8.21. The summed E-state index contributed by atoms with van der Waals surface area (Å²) in [6.07, 6.45) is 7.72. The molecule has 1 aliphatic rings. The first kappa shape index (κ1) is 23.2. The minimum atomic E-state index is -0.106. The first-order valence-electron chi connectivity index (χ1n) is 10.7. The standard InChI is InChI=1S/C23H25ClN8O2/c1-2-19(33)32-9-3-4-15(11-32)31-23-20(22(26)29-13-30-23)21(25)14-5-6-17(16(24)10-14)34-12-18-27-7-8-28-18/h2,5-8,10,13,15,25H,1,3-4,9,11-12H2,(H,27,28)(H3,26,29,30,31). The van der Waals surface area contributed by atoms with Gasteiger partial charge in [-0.2, -0.15) is 0 Å². The molecule has 34 heavy (non-hydrogen) atoms. The van der Waals surface area contributed by atoms with Gasteiger partial charge in [-0.05, 0) is 37.1 Å². The lowest BCUT2D eigenvalue weighted by Crippen LogP contribution is -2.44. The first-order chi connectivity index (χ1) is 16.5. The molecule has 1 unspecified atom stereocenters. The second-order valence-electron chi connectivity index (χ2n) is 7.80. The Balaban J connectivity index is 1.52. The molecule has 3 aromatic rings. The maximum atomic E-state index is 12.0. The Kier molecular flexibility index (Phi) is 7.07. The molecule has 2 aromatic heterocycles. The van der Waals surface area contributed by atoms with E-state index < -0.39 is 0 Å². The monoisotopic (exact) mass is 480 g/mol. The van der Waals surface area contributed by atoms with E-state index in [9.17, 15) is 4.79 Å². The largest absolute Gasteiger partial charge is 0.484 e. The number of benzene rings is 1. The molecule has 11 heteroatoms. The minimum Gasteiger partial charge on any atom is -0.484 e. The minimum absolute atomic E-state index is 0.0422. The van der Waals surface area contributed by atoms with Gasteiger partial charge in [-0.25, -0.2) is 15.0 Å². The van der Waals surface area contributed by atoms with E-state index in [4.69, 9.17) is 27.5 Å². The molecule has 0 radical (unpaired) electrons. The Hall–Kier alpha value is -3.92. The van der Waals surface area contributed by atoms with Crippen LogP contribution in [0.25, 0.3) is 0 Å². The van der Waals surface area contributed by atoms with Crippen molar-refractivity contribution in [3.8, 4) is 5.75 Å². The van der Waals surface area contributed by atoms with E-state index >= 15 is 0 Å². The summed E-state index contributed by atoms with van der Waals surface area (Å²) in [6, 6.07) is 5.03. The third kappa shape index (κ3) is 5.18. The Morgan fingerprint density at radius 3 is 3.00 bits per heavy atom. The van der Waals surface area contributed by atoms with Gasteiger partial charge in [-0.15, -0.1) is 0 Å². The van der Waals surface area contributed by atoms with Crippen LogP contribution in [-0.4, -0.2) is 55.6 Å². The molecule has 0 spiro atoms. The van der Waals surface area contributed by atoms with Crippen LogP contribution in [0.3, 0.4) is 0 Å². The summed E-state index contributed by atoms with van der Waals surface area (Å²) in [4.78, 5) is 29.2. The average molecular weight is 481 g/mol. The van der Waals surface area contributed by atoms with Crippen LogP contribution in [0.4, 0.5) is 11.6 Å². The Morgan fingerprint density at radius 2 is 2.26 bits per heavy atom. The van der Waals surface area contributed by atoms with Gasteiger partial charge in [0.1, 0.15) is 36.1 Å². The Morgan fingerprint density at radius 1 is 1.41 bits per heavy atom. The number of aromatic amines is 1. The highest BCUT2D eigenvalue weighted by molar-refractivity contribution is 6.32. The number of rotatable bonds is 8. The summed E-state index contributed by atoms with van der Waals surface area (Å²) in [5.41, 5.74) is 7.18. The molecule has 1 aromatic carbocycles. The lowest BCUT2D eigenvalue weighted by Gasteiger charge is -2.33. The number of hydrogen-bond acceptors (Lipinski definition) is 8. The molecule has 1 saturated heterocycles. The quantitative estimate of drug-likeness (QED) is 0.286. The number of nitrogens with zero attached hydrogens (tertiary/aromatic N) is 4. The second kappa shape index (κ2) is 10.3. The van der Waals surface area contributed by atoms with Crippen molar-refractivity contribution in [3.05, 3.63) is 71.5 Å². The van der Waals surface area contributed by atoms with Gasteiger partial charge < -0.3 is 25.7 Å². The van der Waals surface area contributed by atoms with Crippen LogP contribution in [-0.2, 0) is 11.4 Å². The van der Waals surface area contributed by atoms with Crippen molar-refractivity contribution < 1.29 is 9.53 Å². The molecule has 5 N–H and O–H groups in total. The Bertz CT molecular complexity index is 1200. The summed E-state index contributed by atoms with van der Waals surface area (Å²) in [7, 11) is 0. The van der Waals surface area contributed by atoms with Crippen LogP contribution in [0.2, 0.25) is 5.02 Å². The third-order valence-corrected chi connectivity index (χ3v) is 5.81. The van der Waals surface area contributed by atoms with Crippen molar-refractivity contribution in [3.63, 3.8) is 0 Å². The molecular weight excluding hydrogens is 456 g/mol. The first-order valence-corrected chi connectivity index (χ1v) is 11.1. The molecule has 0 saturated carbocycles. The number of nitrogens with one attached hydrogen (secondary N) is 3. The fourth-order valence-corrected chi connectivity index (χ4v) is 4.05. The number of nitrogens with two attached hydrogens (primary N) is 1. The molecular formula is C23H25ClN8O2. The van der Waals surface area contributed by atoms with E-state index in [1.54, 1.807) is 35.5 Å². The van der Waals surface area contributed by atoms with E-state index in [-0.39, 0.29) is 30.1 Å². The van der Waals surface area contributed by atoms with Crippen molar-refractivity contribution >= 4 is 34.9 Å². The van der Waals surface area contributed by atoms with E-state index in [0.717, 1.165) is 12.8 Å². The number of carbonyl (C=O) groups is 1. The number of aromatic nitrogens is 4. The number of carbonyl (C=O) groups excluding carboxylic acids is 1. The number of ether oxygens (including phenoxy) is 1. The van der Waals surface area contributed by atoms with Crippen LogP contribution in [0, 0.1) is 5.41 Å². The molecule has 1 fully saturated rings. The fourth-order valence-electron chi connectivity index (χ4n) is 3.81. The number of piperidine rings is 1. The van der Waals surface area contributed by atoms with Gasteiger partial charge in [0.2, 0.25) is 5.91 Å². The van der Waals surface area contributed by atoms with E-state index in [0.29, 0.717) is 46.6 Å². The molecule has 3 heterocycles. The predicted octanol–water partition coefficient (Wildman–Crippen LogP) is 3.02. The van der Waals surface area contributed by atoms with E-state index in [1.165, 1.54) is 12.4 Å². The molecule has 1 atom stereocenters. The molecule has 0 bridgehead atoms. The van der Waals surface area contributed by atoms with E-state index in [1.807, 2.05) is 0 Å². The third-order valence-electron chi connectivity index (χ3n) is 5.51. The van der Waals surface area contributed by atoms with Gasteiger partial charge in [0.15, 0.2) is 0 Å². The van der Waals surface area contributed by atoms with Crippen LogP contribution in [0.5, 0.6) is 5.75 Å². The number of hydrogen-bond donors (Lipinski definition) is 4. The number of H-pyrrole nitrogens is 1. The highest BCUT2D eigenvalue weighted by Gasteiger charge is 2.25. The average Bonchev–Trinajstić information content (AvgIpc) is 3.36. The number of amides is 1. The number of anilines is 2. The van der Waals surface area contributed by atoms with Crippen molar-refractivity contribution in [1.82, 2.24) is 24.8 Å². The topological polar surface area (TPSA) is 146 Å². The number of halogens is 1. The smallest absolute Gasteiger partial charge is 0.246 e. The summed E-state index contributed by atoms with van der Waals surface area (Å²) >= 11 is 6.42. The summed E-state index contributed by atoms with van der Waals surface area (Å²) < 4.78 is 5.71. The van der Waals surface area contributed by atoms with Gasteiger partial charge in [0, 0.05) is 37.1 Å². The van der Waals surface area contributed by atoms with Crippen LogP contribution in [0.15, 0.2) is 49.6 Å². The van der Waals surface area contributed by atoms with Crippen LogP contribution < -0.4 is 15.8 Å². The van der Waals surface area contributed by atoms with Crippen molar-refractivity contribution in [2.45, 2.75) is 25.5 Å². The van der Waals surface area contributed by atoms with Crippen molar-refractivity contribution in [2.75, 3.05) is 24.1 Å². The highest BCUT2D eigenvalue weighted by atomic mass is 35.5. The zero-order valence-corrected chi connectivity index (χ0v) is 19.2. The maximum Gasteiger partial charge on any atom is 0.246 e. The van der Waals surface area contributed by atoms with Crippen molar-refractivity contribution in [2.24, 2.45) is 0 Å². The lowest BCUT2D eigenvalue weighted by atomic mass is 10.0. The predicted molar refractivity (Wildman–Crippen MR) is 130 cm³/mol. The molecule has 176 valence electrons. The zero-order valence-electron chi connectivity index (χ0n) is 18.4. The zero-order chi connectivity index (χ0) is 24.1. The summed E-state index contributed by atoms with van der Waals surface area (Å²) in [5, 5.41) is 12.5. The van der Waals surface area contributed by atoms with Gasteiger partial charge in [0.25, 0.3) is 0 Å². The summed E-state index contributed by atoms with van der Waals surface area (Å²) in [5.74, 6) is 1.65. The van der Waals surface area contributed by atoms with Crippen LogP contribution in [0.1, 0.15) is 29.8 Å². The SMILES string of the molecule is C=CC(=O)N1CCCC(Nc2ncnc(N)c2C(=N)c2ccc(OCc3ncc[nH]3)c(Cl)c2)C1. The normalized spacial score (nSPS) is 15.6. The molecule has 10 nitrogen and oxygen atoms in total. The van der Waals surface area contributed by atoms with Gasteiger partial charge in [0.05, 0.1) is 16.3 Å². The van der Waals surface area contributed by atoms with Gasteiger partial charge in [-0.1, -0.05) is 18.2 Å². The van der Waals surface area contributed by atoms with Gasteiger partial charge >= 0.3 is 0 Å². The number of likely N-dealkylation sites (tertiary alicyclic amines) is 1. The molecule has 0 aliphatic carbocycles. The number of imidazole rings is 1. The fraction of sp³-hybridized carbons (Fsp3) is 0.261. The van der Waals surface area contributed by atoms with E-state index in [2.05, 4.69) is 31.8 Å². The Labute approximate surface area is 201 Å². The summed E-state index contributed by atoms with van der Waals surface area (Å²) in [6.45, 7) is 5.00. The highest BCUT2D eigenvalue weighted by Crippen LogP contribution is 2.29. The molecule has 1 amide bonds. The number of nitrogen functional groups attached to an aromatic ring is 1. The molecule has 4 rings (SSSR count).